The molecule has 1 aromatic carbocycles. The minimum absolute atomic E-state index is 0.247. The molecule has 10 heteroatoms. The fraction of sp³-hybridized carbons (Fsp3) is 0.350. The second-order valence-corrected chi connectivity index (χ2v) is 8.13. The van der Waals surface area contributed by atoms with Gasteiger partial charge in [0.15, 0.2) is 10.3 Å². The van der Waals surface area contributed by atoms with Gasteiger partial charge in [0.05, 0.1) is 19.5 Å². The number of carbonyl (C=O) groups is 1. The van der Waals surface area contributed by atoms with E-state index < -0.39 is 0 Å². The lowest BCUT2D eigenvalue weighted by molar-refractivity contribution is -0.142. The Morgan fingerprint density at radius 2 is 1.87 bits per heavy atom. The summed E-state index contributed by atoms with van der Waals surface area (Å²) in [5.74, 6) is 1.77. The number of nitrogens with zero attached hydrogens (tertiary/aromatic N) is 5. The zero-order valence-corrected chi connectivity index (χ0v) is 18.7. The molecule has 0 radical (unpaired) electrons. The van der Waals surface area contributed by atoms with Crippen molar-refractivity contribution >= 4 is 29.5 Å². The third-order valence-corrected chi connectivity index (χ3v) is 6.23. The summed E-state index contributed by atoms with van der Waals surface area (Å²) < 4.78 is 12.4. The Morgan fingerprint density at radius 1 is 1.13 bits per heavy atom. The number of ether oxygens (including phenoxy) is 2. The predicted octanol–water partition coefficient (Wildman–Crippen LogP) is 3.79. The molecule has 0 N–H and O–H groups in total. The van der Waals surface area contributed by atoms with Gasteiger partial charge in [0.2, 0.25) is 0 Å². The average molecular weight is 446 g/mol. The van der Waals surface area contributed by atoms with Gasteiger partial charge in [-0.2, -0.15) is 0 Å². The molecule has 0 aliphatic heterocycles. The van der Waals surface area contributed by atoms with Crippen LogP contribution in [0.5, 0.6) is 5.75 Å². The maximum atomic E-state index is 12.3. The van der Waals surface area contributed by atoms with Crippen LogP contribution in [0.15, 0.2) is 53.0 Å². The third-order valence-electron chi connectivity index (χ3n) is 4.07. The summed E-state index contributed by atoms with van der Waals surface area (Å²) in [4.78, 5) is 20.8. The SMILES string of the molecule is CCOC(=O)[C@@H](CC)Sc1nnc(CSc2ncccn2)n1-c1ccc(OC)cc1. The Labute approximate surface area is 183 Å². The summed E-state index contributed by atoms with van der Waals surface area (Å²) in [5.41, 5.74) is 0.881. The van der Waals surface area contributed by atoms with Crippen molar-refractivity contribution in [2.45, 2.75) is 41.6 Å². The van der Waals surface area contributed by atoms with Crippen molar-refractivity contribution in [3.05, 3.63) is 48.5 Å². The van der Waals surface area contributed by atoms with E-state index in [4.69, 9.17) is 9.47 Å². The molecule has 30 heavy (non-hydrogen) atoms. The second-order valence-electron chi connectivity index (χ2n) is 6.02. The second kappa shape index (κ2) is 11.0. The van der Waals surface area contributed by atoms with Gasteiger partial charge in [-0.25, -0.2) is 9.97 Å². The summed E-state index contributed by atoms with van der Waals surface area (Å²) in [5, 5.41) is 9.67. The lowest BCUT2D eigenvalue weighted by Crippen LogP contribution is -2.20. The number of thioether (sulfide) groups is 2. The highest BCUT2D eigenvalue weighted by atomic mass is 32.2. The van der Waals surface area contributed by atoms with Crippen molar-refractivity contribution in [2.24, 2.45) is 0 Å². The average Bonchev–Trinajstić information content (AvgIpc) is 3.19. The van der Waals surface area contributed by atoms with Crippen LogP contribution < -0.4 is 4.74 Å². The van der Waals surface area contributed by atoms with Crippen LogP contribution in [-0.4, -0.2) is 49.7 Å². The molecule has 3 aromatic rings. The van der Waals surface area contributed by atoms with Crippen LogP contribution in [0.4, 0.5) is 0 Å². The molecule has 0 spiro atoms. The molecule has 0 amide bonds. The number of esters is 1. The molecule has 2 aromatic heterocycles. The van der Waals surface area contributed by atoms with Crippen LogP contribution in [0.3, 0.4) is 0 Å². The van der Waals surface area contributed by atoms with E-state index in [1.807, 2.05) is 35.8 Å². The van der Waals surface area contributed by atoms with Gasteiger partial charge in [-0.1, -0.05) is 30.4 Å². The smallest absolute Gasteiger partial charge is 0.319 e. The zero-order chi connectivity index (χ0) is 21.3. The van der Waals surface area contributed by atoms with Gasteiger partial charge in [-0.05, 0) is 43.7 Å². The molecule has 8 nitrogen and oxygen atoms in total. The van der Waals surface area contributed by atoms with Gasteiger partial charge < -0.3 is 9.47 Å². The monoisotopic (exact) mass is 445 g/mol. The molecule has 0 bridgehead atoms. The fourth-order valence-electron chi connectivity index (χ4n) is 2.61. The van der Waals surface area contributed by atoms with Crippen LogP contribution in [0.1, 0.15) is 26.1 Å². The summed E-state index contributed by atoms with van der Waals surface area (Å²) in [6.07, 6.45) is 4.03. The number of aromatic nitrogens is 5. The minimum atomic E-state index is -0.357. The van der Waals surface area contributed by atoms with E-state index in [9.17, 15) is 4.79 Å². The lowest BCUT2D eigenvalue weighted by atomic mass is 10.3. The summed E-state index contributed by atoms with van der Waals surface area (Å²) >= 11 is 2.83. The molecule has 3 rings (SSSR count). The van der Waals surface area contributed by atoms with Gasteiger partial charge >= 0.3 is 5.97 Å². The Kier molecular flexibility index (Phi) is 8.09. The van der Waals surface area contributed by atoms with E-state index in [0.717, 1.165) is 17.3 Å². The van der Waals surface area contributed by atoms with E-state index in [1.54, 1.807) is 32.5 Å². The minimum Gasteiger partial charge on any atom is -0.497 e. The first-order chi connectivity index (χ1) is 14.7. The first-order valence-corrected chi connectivity index (χ1v) is 11.3. The molecule has 0 unspecified atom stereocenters. The Balaban J connectivity index is 1.91. The van der Waals surface area contributed by atoms with Crippen molar-refractivity contribution in [1.82, 2.24) is 24.7 Å². The predicted molar refractivity (Wildman–Crippen MR) is 116 cm³/mol. The topological polar surface area (TPSA) is 92.0 Å². The number of hydrogen-bond donors (Lipinski definition) is 0. The third kappa shape index (κ3) is 5.51. The fourth-order valence-corrected chi connectivity index (χ4v) is 4.32. The van der Waals surface area contributed by atoms with E-state index >= 15 is 0 Å². The molecular weight excluding hydrogens is 422 g/mol. The van der Waals surface area contributed by atoms with Crippen molar-refractivity contribution < 1.29 is 14.3 Å². The largest absolute Gasteiger partial charge is 0.497 e. The Morgan fingerprint density at radius 3 is 2.50 bits per heavy atom. The van der Waals surface area contributed by atoms with Gasteiger partial charge in [0.25, 0.3) is 0 Å². The lowest BCUT2D eigenvalue weighted by Gasteiger charge is -2.15. The van der Waals surface area contributed by atoms with Gasteiger partial charge in [0, 0.05) is 18.1 Å². The zero-order valence-electron chi connectivity index (χ0n) is 17.0. The first-order valence-electron chi connectivity index (χ1n) is 9.48. The summed E-state index contributed by atoms with van der Waals surface area (Å²) in [6, 6.07) is 9.40. The molecule has 0 aliphatic rings. The maximum absolute atomic E-state index is 12.3. The van der Waals surface area contributed by atoms with E-state index in [1.165, 1.54) is 23.5 Å². The van der Waals surface area contributed by atoms with Crippen LogP contribution >= 0.6 is 23.5 Å². The first kappa shape index (κ1) is 22.1. The van der Waals surface area contributed by atoms with Crippen molar-refractivity contribution in [3.8, 4) is 11.4 Å². The van der Waals surface area contributed by atoms with Crippen molar-refractivity contribution in [1.29, 1.82) is 0 Å². The molecule has 0 aliphatic carbocycles. The van der Waals surface area contributed by atoms with Gasteiger partial charge in [-0.3, -0.25) is 9.36 Å². The highest BCUT2D eigenvalue weighted by Gasteiger charge is 2.24. The number of carbonyl (C=O) groups excluding carboxylic acids is 1. The van der Waals surface area contributed by atoms with Gasteiger partial charge in [0.1, 0.15) is 16.8 Å². The highest BCUT2D eigenvalue weighted by molar-refractivity contribution is 8.00. The van der Waals surface area contributed by atoms with Crippen molar-refractivity contribution in [3.63, 3.8) is 0 Å². The molecule has 2 heterocycles. The number of benzene rings is 1. The van der Waals surface area contributed by atoms with Crippen LogP contribution in [0.25, 0.3) is 5.69 Å². The number of methoxy groups -OCH3 is 1. The molecule has 1 atom stereocenters. The van der Waals surface area contributed by atoms with Crippen LogP contribution in [0, 0.1) is 0 Å². The number of hydrogen-bond acceptors (Lipinski definition) is 9. The molecule has 0 saturated carbocycles. The quantitative estimate of drug-likeness (QED) is 0.262. The standard InChI is InChI=1S/C20H23N5O3S2/c1-4-16(18(26)28-5-2)30-20-24-23-17(13-29-19-21-11-6-12-22-19)25(20)14-7-9-15(27-3)10-8-14/h6-12,16H,4-5,13H2,1-3H3/t16-/m1/s1. The highest BCUT2D eigenvalue weighted by Crippen LogP contribution is 2.30. The number of rotatable bonds is 10. The van der Waals surface area contributed by atoms with Crippen LogP contribution in [0.2, 0.25) is 0 Å². The normalized spacial score (nSPS) is 11.8. The molecular formula is C20H23N5O3S2. The van der Waals surface area contributed by atoms with Crippen molar-refractivity contribution in [2.75, 3.05) is 13.7 Å². The Hall–Kier alpha value is -2.59. The Bertz CT molecular complexity index is 951. The van der Waals surface area contributed by atoms with Gasteiger partial charge in [-0.15, -0.1) is 10.2 Å². The van der Waals surface area contributed by atoms with E-state index in [-0.39, 0.29) is 11.2 Å². The molecule has 0 saturated heterocycles. The summed E-state index contributed by atoms with van der Waals surface area (Å²) in [7, 11) is 1.63. The van der Waals surface area contributed by atoms with E-state index in [0.29, 0.717) is 29.1 Å². The maximum Gasteiger partial charge on any atom is 0.319 e. The van der Waals surface area contributed by atoms with E-state index in [2.05, 4.69) is 20.2 Å². The molecule has 158 valence electrons. The summed E-state index contributed by atoms with van der Waals surface area (Å²) in [6.45, 7) is 4.10. The molecule has 0 fully saturated rings. The van der Waals surface area contributed by atoms with Crippen LogP contribution in [-0.2, 0) is 15.3 Å².